The summed E-state index contributed by atoms with van der Waals surface area (Å²) in [5.74, 6) is 0.480. The van der Waals surface area contributed by atoms with Crippen molar-refractivity contribution in [2.75, 3.05) is 26.2 Å². The highest BCUT2D eigenvalue weighted by atomic mass is 16.4. The van der Waals surface area contributed by atoms with Gasteiger partial charge in [0.25, 0.3) is 0 Å². The third-order valence-corrected chi connectivity index (χ3v) is 3.74. The maximum atomic E-state index is 10.8. The topological polar surface area (TPSA) is 43.8 Å². The van der Waals surface area contributed by atoms with Crippen LogP contribution in [0.25, 0.3) is 0 Å². The lowest BCUT2D eigenvalue weighted by Crippen LogP contribution is -2.50. The summed E-state index contributed by atoms with van der Waals surface area (Å²) in [5.41, 5.74) is 0. The van der Waals surface area contributed by atoms with Gasteiger partial charge in [0.2, 0.25) is 0 Å². The van der Waals surface area contributed by atoms with Gasteiger partial charge in [-0.05, 0) is 38.3 Å². The van der Waals surface area contributed by atoms with Gasteiger partial charge in [0.15, 0.2) is 0 Å². The number of hydrogen-bond donors (Lipinski definition) is 1. The second-order valence-electron chi connectivity index (χ2n) is 4.80. The Bertz CT molecular complexity index is 239. The molecule has 86 valence electrons. The Morgan fingerprint density at radius 3 is 2.47 bits per heavy atom. The van der Waals surface area contributed by atoms with Crippen LogP contribution in [0.1, 0.15) is 26.2 Å². The Morgan fingerprint density at radius 1 is 1.27 bits per heavy atom. The highest BCUT2D eigenvalue weighted by Gasteiger charge is 2.33. The maximum Gasteiger partial charge on any atom is 0.407 e. The second-order valence-corrected chi connectivity index (χ2v) is 4.80. The van der Waals surface area contributed by atoms with Crippen LogP contribution in [-0.4, -0.2) is 53.2 Å². The van der Waals surface area contributed by atoms with Crippen LogP contribution >= 0.6 is 0 Å². The van der Waals surface area contributed by atoms with E-state index < -0.39 is 6.09 Å². The van der Waals surface area contributed by atoms with Crippen molar-refractivity contribution in [2.45, 2.75) is 32.2 Å². The van der Waals surface area contributed by atoms with Crippen molar-refractivity contribution >= 4 is 6.09 Å². The molecular weight excluding hydrogens is 192 g/mol. The van der Waals surface area contributed by atoms with Crippen molar-refractivity contribution < 1.29 is 9.90 Å². The molecule has 2 unspecified atom stereocenters. The molecule has 2 rings (SSSR count). The molecule has 0 radical (unpaired) electrons. The fourth-order valence-electron chi connectivity index (χ4n) is 2.92. The molecule has 4 heteroatoms. The first-order valence-electron chi connectivity index (χ1n) is 5.90. The van der Waals surface area contributed by atoms with Gasteiger partial charge in [-0.2, -0.15) is 0 Å². The zero-order valence-electron chi connectivity index (χ0n) is 9.35. The summed E-state index contributed by atoms with van der Waals surface area (Å²) < 4.78 is 0. The summed E-state index contributed by atoms with van der Waals surface area (Å²) in [6, 6.07) is 0.614. The zero-order valence-corrected chi connectivity index (χ0v) is 9.35. The Labute approximate surface area is 90.9 Å². The van der Waals surface area contributed by atoms with E-state index in [-0.39, 0.29) is 0 Å². The Morgan fingerprint density at radius 2 is 1.93 bits per heavy atom. The molecule has 2 atom stereocenters. The summed E-state index contributed by atoms with van der Waals surface area (Å²) in [5, 5.41) is 8.92. The first-order valence-corrected chi connectivity index (χ1v) is 5.90. The van der Waals surface area contributed by atoms with E-state index in [0.717, 1.165) is 6.42 Å². The minimum absolute atomic E-state index is 0.480. The van der Waals surface area contributed by atoms with Crippen LogP contribution in [0, 0.1) is 5.92 Å². The molecule has 0 aliphatic carbocycles. The van der Waals surface area contributed by atoms with Gasteiger partial charge in [0, 0.05) is 19.1 Å². The van der Waals surface area contributed by atoms with Crippen LogP contribution in [0.15, 0.2) is 0 Å². The van der Waals surface area contributed by atoms with E-state index in [4.69, 9.17) is 5.11 Å². The average molecular weight is 212 g/mol. The molecule has 2 fully saturated rings. The van der Waals surface area contributed by atoms with Gasteiger partial charge in [-0.3, -0.25) is 4.90 Å². The molecule has 1 N–H and O–H groups in total. The predicted octanol–water partition coefficient (Wildman–Crippen LogP) is 1.47. The normalized spacial score (nSPS) is 33.3. The number of nitrogens with zero attached hydrogens (tertiary/aromatic N) is 2. The molecule has 0 spiro atoms. The van der Waals surface area contributed by atoms with Crippen LogP contribution < -0.4 is 0 Å². The summed E-state index contributed by atoms with van der Waals surface area (Å²) >= 11 is 0. The number of rotatable bonds is 1. The van der Waals surface area contributed by atoms with Gasteiger partial charge in [-0.25, -0.2) is 4.79 Å². The van der Waals surface area contributed by atoms with Crippen molar-refractivity contribution in [3.63, 3.8) is 0 Å². The molecule has 0 aromatic heterocycles. The Kier molecular flexibility index (Phi) is 3.14. The summed E-state index contributed by atoms with van der Waals surface area (Å²) in [6.07, 6.45) is 2.87. The number of hydrogen-bond acceptors (Lipinski definition) is 2. The maximum absolute atomic E-state index is 10.8. The highest BCUT2D eigenvalue weighted by Crippen LogP contribution is 2.25. The van der Waals surface area contributed by atoms with Gasteiger partial charge >= 0.3 is 6.09 Å². The van der Waals surface area contributed by atoms with E-state index in [1.807, 2.05) is 0 Å². The van der Waals surface area contributed by atoms with Gasteiger partial charge in [0.1, 0.15) is 0 Å². The zero-order chi connectivity index (χ0) is 10.8. The summed E-state index contributed by atoms with van der Waals surface area (Å²) in [4.78, 5) is 14.9. The van der Waals surface area contributed by atoms with E-state index in [9.17, 15) is 4.79 Å². The van der Waals surface area contributed by atoms with Gasteiger partial charge < -0.3 is 10.0 Å². The molecule has 4 nitrogen and oxygen atoms in total. The standard InChI is InChI=1S/C11H20N2O2/c1-9-8-13(11(14)15)7-4-10(9)12-5-2-3-6-12/h9-10H,2-8H2,1H3,(H,14,15). The first-order chi connectivity index (χ1) is 7.18. The van der Waals surface area contributed by atoms with E-state index in [1.165, 1.54) is 25.9 Å². The number of amides is 1. The molecule has 0 bridgehead atoms. The lowest BCUT2D eigenvalue weighted by atomic mass is 9.93. The van der Waals surface area contributed by atoms with Crippen LogP contribution in [0.5, 0.6) is 0 Å². The van der Waals surface area contributed by atoms with Crippen LogP contribution in [-0.2, 0) is 0 Å². The summed E-state index contributed by atoms with van der Waals surface area (Å²) in [6.45, 7) is 6.01. The fourth-order valence-corrected chi connectivity index (χ4v) is 2.92. The first kappa shape index (κ1) is 10.7. The number of carboxylic acid groups (broad SMARTS) is 1. The third kappa shape index (κ3) is 2.25. The van der Waals surface area contributed by atoms with Gasteiger partial charge in [-0.1, -0.05) is 6.92 Å². The second kappa shape index (κ2) is 4.39. The van der Waals surface area contributed by atoms with E-state index in [1.54, 1.807) is 4.90 Å². The SMILES string of the molecule is CC1CN(C(=O)O)CCC1N1CCCC1. The minimum Gasteiger partial charge on any atom is -0.465 e. The monoisotopic (exact) mass is 212 g/mol. The molecule has 0 aromatic carbocycles. The molecule has 1 amide bonds. The van der Waals surface area contributed by atoms with Crippen LogP contribution in [0.2, 0.25) is 0 Å². The fraction of sp³-hybridized carbons (Fsp3) is 0.909. The molecule has 0 aromatic rings. The highest BCUT2D eigenvalue weighted by molar-refractivity contribution is 5.65. The Hall–Kier alpha value is -0.770. The number of likely N-dealkylation sites (tertiary alicyclic amines) is 2. The molecule has 2 heterocycles. The predicted molar refractivity (Wildman–Crippen MR) is 58.0 cm³/mol. The largest absolute Gasteiger partial charge is 0.465 e. The molecule has 2 aliphatic heterocycles. The van der Waals surface area contributed by atoms with Gasteiger partial charge in [-0.15, -0.1) is 0 Å². The van der Waals surface area contributed by atoms with E-state index in [2.05, 4.69) is 11.8 Å². The smallest absolute Gasteiger partial charge is 0.407 e. The van der Waals surface area contributed by atoms with Crippen molar-refractivity contribution in [3.8, 4) is 0 Å². The quantitative estimate of drug-likeness (QED) is 0.716. The van der Waals surface area contributed by atoms with Crippen molar-refractivity contribution in [1.29, 1.82) is 0 Å². The van der Waals surface area contributed by atoms with Crippen LogP contribution in [0.4, 0.5) is 4.79 Å². The Balaban J connectivity index is 1.91. The lowest BCUT2D eigenvalue weighted by Gasteiger charge is -2.40. The van der Waals surface area contributed by atoms with Crippen molar-refractivity contribution in [3.05, 3.63) is 0 Å². The molecular formula is C11H20N2O2. The minimum atomic E-state index is -0.762. The van der Waals surface area contributed by atoms with E-state index >= 15 is 0 Å². The van der Waals surface area contributed by atoms with E-state index in [0.29, 0.717) is 25.0 Å². The molecule has 15 heavy (non-hydrogen) atoms. The molecule has 2 aliphatic rings. The summed E-state index contributed by atoms with van der Waals surface area (Å²) in [7, 11) is 0. The number of piperidine rings is 1. The van der Waals surface area contributed by atoms with Crippen molar-refractivity contribution in [2.24, 2.45) is 5.92 Å². The van der Waals surface area contributed by atoms with Crippen LogP contribution in [0.3, 0.4) is 0 Å². The molecule has 0 saturated carbocycles. The van der Waals surface area contributed by atoms with Gasteiger partial charge in [0.05, 0.1) is 0 Å². The average Bonchev–Trinajstić information content (AvgIpc) is 2.70. The lowest BCUT2D eigenvalue weighted by molar-refractivity contribution is 0.0727. The van der Waals surface area contributed by atoms with Crippen molar-refractivity contribution in [1.82, 2.24) is 9.80 Å². The number of carbonyl (C=O) groups is 1. The third-order valence-electron chi connectivity index (χ3n) is 3.74. The molecule has 2 saturated heterocycles.